The molecule has 0 atom stereocenters. The van der Waals surface area contributed by atoms with Crippen LogP contribution in [0, 0.1) is 11.3 Å². The molecule has 0 saturated carbocycles. The molecule has 0 N–H and O–H groups in total. The largest absolute Gasteiger partial charge is 0.494 e. The van der Waals surface area contributed by atoms with Gasteiger partial charge in [0.15, 0.2) is 15.6 Å². The van der Waals surface area contributed by atoms with Gasteiger partial charge in [0.2, 0.25) is 0 Å². The van der Waals surface area contributed by atoms with Gasteiger partial charge in [-0.3, -0.25) is 9.69 Å². The van der Waals surface area contributed by atoms with Crippen molar-refractivity contribution in [3.8, 4) is 11.8 Å². The Balaban J connectivity index is 2.09. The van der Waals surface area contributed by atoms with Crippen LogP contribution >= 0.6 is 11.6 Å². The van der Waals surface area contributed by atoms with E-state index in [1.54, 1.807) is 18.2 Å². The maximum absolute atomic E-state index is 12.8. The second kappa shape index (κ2) is 5.82. The second-order valence-electron chi connectivity index (χ2n) is 5.10. The second-order valence-corrected chi connectivity index (χ2v) is 7.43. The Kier molecular flexibility index (Phi) is 3.95. The van der Waals surface area contributed by atoms with Crippen LogP contribution in [0.15, 0.2) is 41.3 Å². The highest BCUT2D eigenvalue weighted by molar-refractivity contribution is 7.92. The summed E-state index contributed by atoms with van der Waals surface area (Å²) in [7, 11) is -2.20. The summed E-state index contributed by atoms with van der Waals surface area (Å²) in [6.07, 6.45) is 0. The molecule has 6 nitrogen and oxygen atoms in total. The number of nitriles is 1. The molecule has 0 unspecified atom stereocenters. The molecule has 3 rings (SSSR count). The smallest absolute Gasteiger partial charge is 0.259 e. The molecule has 1 aliphatic heterocycles. The Morgan fingerprint density at radius 2 is 2.04 bits per heavy atom. The predicted molar refractivity (Wildman–Crippen MR) is 88.0 cm³/mol. The fraction of sp³-hybridized carbons (Fsp3) is 0.125. The fourth-order valence-electron chi connectivity index (χ4n) is 2.58. The lowest BCUT2D eigenvalue weighted by atomic mass is 10.1. The number of methoxy groups -OCH3 is 1. The number of para-hydroxylation sites is 1. The highest BCUT2D eigenvalue weighted by Crippen LogP contribution is 2.36. The minimum absolute atomic E-state index is 0.101. The number of nitrogens with zero attached hydrogens (tertiary/aromatic N) is 2. The summed E-state index contributed by atoms with van der Waals surface area (Å²) in [5, 5.41) is 9.28. The number of amides is 1. The molecule has 24 heavy (non-hydrogen) atoms. The van der Waals surface area contributed by atoms with Crippen LogP contribution in [0.4, 0.5) is 5.69 Å². The highest BCUT2D eigenvalue weighted by Gasteiger charge is 2.36. The van der Waals surface area contributed by atoms with Crippen molar-refractivity contribution in [2.45, 2.75) is 4.90 Å². The third-order valence-electron chi connectivity index (χ3n) is 3.65. The van der Waals surface area contributed by atoms with Crippen LogP contribution in [0.5, 0.6) is 5.75 Å². The first-order valence-corrected chi connectivity index (χ1v) is 8.83. The summed E-state index contributed by atoms with van der Waals surface area (Å²) in [5.41, 5.74) is 0.529. The average Bonchev–Trinajstić information content (AvgIpc) is 2.85. The molecule has 2 aromatic rings. The zero-order chi connectivity index (χ0) is 17.5. The van der Waals surface area contributed by atoms with Gasteiger partial charge in [-0.05, 0) is 24.3 Å². The van der Waals surface area contributed by atoms with Crippen molar-refractivity contribution in [1.82, 2.24) is 0 Å². The topological polar surface area (TPSA) is 87.5 Å². The minimum atomic E-state index is -3.56. The van der Waals surface area contributed by atoms with Gasteiger partial charge in [-0.15, -0.1) is 0 Å². The van der Waals surface area contributed by atoms with Crippen molar-refractivity contribution >= 4 is 33.0 Å². The van der Waals surface area contributed by atoms with E-state index in [1.807, 2.05) is 6.07 Å². The van der Waals surface area contributed by atoms with Crippen LogP contribution < -0.4 is 9.64 Å². The van der Waals surface area contributed by atoms with Crippen LogP contribution in [-0.2, 0) is 9.84 Å². The Labute approximate surface area is 143 Å². The number of hydrogen-bond acceptors (Lipinski definition) is 5. The van der Waals surface area contributed by atoms with E-state index in [1.165, 1.54) is 25.3 Å². The van der Waals surface area contributed by atoms with Crippen molar-refractivity contribution < 1.29 is 17.9 Å². The average molecular weight is 363 g/mol. The van der Waals surface area contributed by atoms with Crippen molar-refractivity contribution in [3.63, 3.8) is 0 Å². The number of carbonyl (C=O) groups excluding carboxylic acids is 1. The van der Waals surface area contributed by atoms with Crippen molar-refractivity contribution in [3.05, 3.63) is 52.5 Å². The first-order valence-electron chi connectivity index (χ1n) is 6.80. The molecule has 8 heteroatoms. The normalized spacial score (nSPS) is 14.8. The van der Waals surface area contributed by atoms with E-state index < -0.39 is 21.6 Å². The molecule has 0 fully saturated rings. The SMILES string of the molecule is COc1c(Cl)cc(C(=O)N2CS(=O)(=O)c3ccccc32)cc1C#N. The lowest BCUT2D eigenvalue weighted by Gasteiger charge is -2.16. The Morgan fingerprint density at radius 3 is 2.71 bits per heavy atom. The van der Waals surface area contributed by atoms with Gasteiger partial charge in [0, 0.05) is 5.56 Å². The molecular weight excluding hydrogens is 352 g/mol. The Morgan fingerprint density at radius 1 is 1.33 bits per heavy atom. The van der Waals surface area contributed by atoms with Gasteiger partial charge in [0.05, 0.1) is 28.3 Å². The van der Waals surface area contributed by atoms with E-state index in [4.69, 9.17) is 16.3 Å². The van der Waals surface area contributed by atoms with Gasteiger partial charge < -0.3 is 4.74 Å². The summed E-state index contributed by atoms with van der Waals surface area (Å²) in [6, 6.07) is 10.9. The summed E-state index contributed by atoms with van der Waals surface area (Å²) >= 11 is 6.06. The molecule has 0 saturated heterocycles. The number of rotatable bonds is 2. The van der Waals surface area contributed by atoms with Crippen molar-refractivity contribution in [2.75, 3.05) is 17.9 Å². The maximum atomic E-state index is 12.8. The summed E-state index contributed by atoms with van der Waals surface area (Å²) in [6.45, 7) is 0. The van der Waals surface area contributed by atoms with Gasteiger partial charge in [-0.2, -0.15) is 5.26 Å². The van der Waals surface area contributed by atoms with E-state index in [0.29, 0.717) is 5.69 Å². The van der Waals surface area contributed by atoms with Gasteiger partial charge >= 0.3 is 0 Å². The predicted octanol–water partition coefficient (Wildman–Crippen LogP) is 2.61. The summed E-state index contributed by atoms with van der Waals surface area (Å²) in [5.74, 6) is -0.828. The summed E-state index contributed by atoms with van der Waals surface area (Å²) in [4.78, 5) is 14.0. The van der Waals surface area contributed by atoms with E-state index in [9.17, 15) is 18.5 Å². The van der Waals surface area contributed by atoms with Crippen LogP contribution in [0.2, 0.25) is 5.02 Å². The Hall–Kier alpha value is -2.56. The quantitative estimate of drug-likeness (QED) is 0.819. The van der Waals surface area contributed by atoms with Crippen LogP contribution in [0.25, 0.3) is 0 Å². The van der Waals surface area contributed by atoms with E-state index >= 15 is 0 Å². The zero-order valence-corrected chi connectivity index (χ0v) is 14.1. The monoisotopic (exact) mass is 362 g/mol. The number of sulfone groups is 1. The van der Waals surface area contributed by atoms with Crippen LogP contribution in [0.3, 0.4) is 0 Å². The van der Waals surface area contributed by atoms with Gasteiger partial charge in [0.1, 0.15) is 11.9 Å². The number of fused-ring (bicyclic) bond motifs is 1. The molecule has 122 valence electrons. The first-order chi connectivity index (χ1) is 11.4. The number of hydrogen-bond donors (Lipinski definition) is 0. The molecule has 1 heterocycles. The number of halogens is 1. The zero-order valence-electron chi connectivity index (χ0n) is 12.5. The third kappa shape index (κ3) is 2.50. The Bertz CT molecular complexity index is 996. The van der Waals surface area contributed by atoms with Crippen molar-refractivity contribution in [1.29, 1.82) is 5.26 Å². The minimum Gasteiger partial charge on any atom is -0.494 e. The lowest BCUT2D eigenvalue weighted by molar-refractivity contribution is 0.0991. The first kappa shape index (κ1) is 16.3. The summed E-state index contributed by atoms with van der Waals surface area (Å²) < 4.78 is 29.4. The maximum Gasteiger partial charge on any atom is 0.259 e. The molecule has 0 spiro atoms. The number of carbonyl (C=O) groups is 1. The number of anilines is 1. The molecule has 0 aromatic heterocycles. The molecule has 0 bridgehead atoms. The van der Waals surface area contributed by atoms with Crippen LogP contribution in [-0.4, -0.2) is 27.3 Å². The van der Waals surface area contributed by atoms with E-state index in [0.717, 1.165) is 4.90 Å². The third-order valence-corrected chi connectivity index (χ3v) is 5.54. The van der Waals surface area contributed by atoms with Gasteiger partial charge in [-0.25, -0.2) is 8.42 Å². The van der Waals surface area contributed by atoms with Gasteiger partial charge in [0.25, 0.3) is 5.91 Å². The molecule has 1 aliphatic rings. The molecule has 0 aliphatic carbocycles. The standard InChI is InChI=1S/C16H11ClN2O4S/c1-23-15-11(8-18)6-10(7-12(15)17)16(20)19-9-24(21,22)14-5-3-2-4-13(14)19/h2-7H,9H2,1H3. The van der Waals surface area contributed by atoms with Crippen LogP contribution in [0.1, 0.15) is 15.9 Å². The molecular formula is C16H11ClN2O4S. The molecule has 0 radical (unpaired) electrons. The number of ether oxygens (including phenoxy) is 1. The fourth-order valence-corrected chi connectivity index (χ4v) is 4.40. The van der Waals surface area contributed by atoms with E-state index in [2.05, 4.69) is 0 Å². The number of benzene rings is 2. The lowest BCUT2D eigenvalue weighted by Crippen LogP contribution is -2.30. The molecule has 1 amide bonds. The molecule has 2 aromatic carbocycles. The van der Waals surface area contributed by atoms with Gasteiger partial charge in [-0.1, -0.05) is 23.7 Å². The highest BCUT2D eigenvalue weighted by atomic mass is 35.5. The van der Waals surface area contributed by atoms with E-state index in [-0.39, 0.29) is 26.8 Å². The van der Waals surface area contributed by atoms with Crippen molar-refractivity contribution in [2.24, 2.45) is 0 Å².